The molecule has 0 bridgehead atoms. The first-order valence-corrected chi connectivity index (χ1v) is 5.89. The minimum atomic E-state index is -0.0214. The molecule has 1 amide bonds. The summed E-state index contributed by atoms with van der Waals surface area (Å²) in [6, 6.07) is 5.83. The van der Waals surface area contributed by atoms with Crippen LogP contribution in [0.4, 0.5) is 0 Å². The number of carbonyl (C=O) groups excluding carboxylic acids is 1. The minimum absolute atomic E-state index is 0.0214. The Morgan fingerprint density at radius 1 is 1.25 bits per heavy atom. The highest BCUT2D eigenvalue weighted by Crippen LogP contribution is 2.20. The van der Waals surface area contributed by atoms with Crippen LogP contribution in [-0.4, -0.2) is 13.0 Å². The summed E-state index contributed by atoms with van der Waals surface area (Å²) in [6.45, 7) is 10.3. The maximum atomic E-state index is 11.4. The van der Waals surface area contributed by atoms with Crippen LogP contribution in [-0.2, 0) is 0 Å². The average molecular weight is 221 g/mol. The molecule has 0 fully saturated rings. The van der Waals surface area contributed by atoms with Crippen LogP contribution in [0, 0.1) is 6.92 Å². The summed E-state index contributed by atoms with van der Waals surface area (Å²) in [5, 5.41) is 2.63. The fourth-order valence-electron chi connectivity index (χ4n) is 1.55. The largest absolute Gasteiger partial charge is 0.355 e. The number of aryl methyl sites for hydroxylation is 1. The zero-order valence-electron chi connectivity index (χ0n) is 11.2. The molecule has 1 rings (SSSR count). The Morgan fingerprint density at radius 3 is 2.25 bits per heavy atom. The molecule has 0 saturated heterocycles. The third-order valence-electron chi connectivity index (χ3n) is 2.39. The van der Waals surface area contributed by atoms with Gasteiger partial charge in [0.15, 0.2) is 0 Å². The molecule has 0 aromatic heterocycles. The number of rotatable bonds is 2. The van der Waals surface area contributed by atoms with Crippen molar-refractivity contribution in [3.05, 3.63) is 34.9 Å². The second kappa shape index (κ2) is 7.04. The van der Waals surface area contributed by atoms with E-state index in [2.05, 4.69) is 26.1 Å². The van der Waals surface area contributed by atoms with E-state index in [9.17, 15) is 4.79 Å². The van der Waals surface area contributed by atoms with Crippen LogP contribution in [0.2, 0.25) is 0 Å². The van der Waals surface area contributed by atoms with Gasteiger partial charge in [-0.1, -0.05) is 33.8 Å². The number of carbonyl (C=O) groups is 1. The Labute approximate surface area is 99.1 Å². The quantitative estimate of drug-likeness (QED) is 0.813. The normalized spacial score (nSPS) is 9.44. The van der Waals surface area contributed by atoms with Gasteiger partial charge in [-0.15, -0.1) is 0 Å². The second-order valence-corrected chi connectivity index (χ2v) is 3.81. The third-order valence-corrected chi connectivity index (χ3v) is 2.39. The van der Waals surface area contributed by atoms with Crippen molar-refractivity contribution >= 4 is 5.91 Å². The van der Waals surface area contributed by atoms with Gasteiger partial charge in [0.2, 0.25) is 0 Å². The van der Waals surface area contributed by atoms with Crippen LogP contribution in [0.1, 0.15) is 55.1 Å². The molecule has 1 N–H and O–H groups in total. The molecule has 2 nitrogen and oxygen atoms in total. The molecule has 2 heteroatoms. The van der Waals surface area contributed by atoms with E-state index >= 15 is 0 Å². The summed E-state index contributed by atoms with van der Waals surface area (Å²) in [4.78, 5) is 11.4. The molecule has 0 aliphatic rings. The van der Waals surface area contributed by atoms with E-state index in [4.69, 9.17) is 0 Å². The molecular weight excluding hydrogens is 198 g/mol. The van der Waals surface area contributed by atoms with E-state index in [1.165, 1.54) is 11.1 Å². The predicted octanol–water partition coefficient (Wildman–Crippen LogP) is 3.50. The van der Waals surface area contributed by atoms with E-state index in [1.807, 2.05) is 32.0 Å². The summed E-state index contributed by atoms with van der Waals surface area (Å²) in [5.41, 5.74) is 3.22. The fraction of sp³-hybridized carbons (Fsp3) is 0.500. The Kier molecular flexibility index (Phi) is 6.47. The SMILES string of the molecule is CC.CNC(=O)c1ccc(C)c(C(C)C)c1. The summed E-state index contributed by atoms with van der Waals surface area (Å²) >= 11 is 0. The average Bonchev–Trinajstić information content (AvgIpc) is 2.31. The number of hydrogen-bond donors (Lipinski definition) is 1. The molecule has 0 aliphatic heterocycles. The van der Waals surface area contributed by atoms with E-state index < -0.39 is 0 Å². The van der Waals surface area contributed by atoms with Gasteiger partial charge in [0.25, 0.3) is 5.91 Å². The van der Waals surface area contributed by atoms with E-state index in [0.29, 0.717) is 5.92 Å². The lowest BCUT2D eigenvalue weighted by molar-refractivity contribution is 0.0963. The fourth-order valence-corrected chi connectivity index (χ4v) is 1.55. The van der Waals surface area contributed by atoms with Gasteiger partial charge in [-0.25, -0.2) is 0 Å². The van der Waals surface area contributed by atoms with Gasteiger partial charge in [-0.05, 0) is 36.1 Å². The lowest BCUT2D eigenvalue weighted by Gasteiger charge is -2.11. The van der Waals surface area contributed by atoms with E-state index in [-0.39, 0.29) is 5.91 Å². The Morgan fingerprint density at radius 2 is 1.81 bits per heavy atom. The molecule has 16 heavy (non-hydrogen) atoms. The molecule has 0 aliphatic carbocycles. The van der Waals surface area contributed by atoms with Gasteiger partial charge in [-0.2, -0.15) is 0 Å². The first-order chi connectivity index (χ1) is 7.56. The number of nitrogens with one attached hydrogen (secondary N) is 1. The Balaban J connectivity index is 0.00000106. The number of hydrogen-bond acceptors (Lipinski definition) is 1. The molecular formula is C14H23NO. The van der Waals surface area contributed by atoms with Gasteiger partial charge < -0.3 is 5.32 Å². The summed E-state index contributed by atoms with van der Waals surface area (Å²) in [6.07, 6.45) is 0. The smallest absolute Gasteiger partial charge is 0.251 e. The summed E-state index contributed by atoms with van der Waals surface area (Å²) in [5.74, 6) is 0.437. The lowest BCUT2D eigenvalue weighted by Crippen LogP contribution is -2.18. The van der Waals surface area contributed by atoms with Crippen molar-refractivity contribution < 1.29 is 4.79 Å². The van der Waals surface area contributed by atoms with Crippen molar-refractivity contribution in [3.8, 4) is 0 Å². The second-order valence-electron chi connectivity index (χ2n) is 3.81. The van der Waals surface area contributed by atoms with E-state index in [0.717, 1.165) is 5.56 Å². The van der Waals surface area contributed by atoms with Gasteiger partial charge in [0, 0.05) is 12.6 Å². The zero-order chi connectivity index (χ0) is 12.7. The van der Waals surface area contributed by atoms with Crippen molar-refractivity contribution in [2.75, 3.05) is 7.05 Å². The lowest BCUT2D eigenvalue weighted by atomic mass is 9.96. The van der Waals surface area contributed by atoms with Gasteiger partial charge in [0.1, 0.15) is 0 Å². The predicted molar refractivity (Wildman–Crippen MR) is 70.0 cm³/mol. The molecule has 1 aromatic rings. The van der Waals surface area contributed by atoms with E-state index in [1.54, 1.807) is 7.05 Å². The van der Waals surface area contributed by atoms with Gasteiger partial charge >= 0.3 is 0 Å². The molecule has 0 atom stereocenters. The molecule has 0 saturated carbocycles. The maximum Gasteiger partial charge on any atom is 0.251 e. The van der Waals surface area contributed by atoms with Crippen molar-refractivity contribution in [3.63, 3.8) is 0 Å². The maximum absolute atomic E-state index is 11.4. The first-order valence-electron chi connectivity index (χ1n) is 5.89. The molecule has 1 aromatic carbocycles. The molecule has 0 spiro atoms. The molecule has 90 valence electrons. The van der Waals surface area contributed by atoms with Crippen molar-refractivity contribution in [2.24, 2.45) is 0 Å². The van der Waals surface area contributed by atoms with Crippen molar-refractivity contribution in [1.29, 1.82) is 0 Å². The Hall–Kier alpha value is -1.31. The minimum Gasteiger partial charge on any atom is -0.355 e. The van der Waals surface area contributed by atoms with Crippen molar-refractivity contribution in [2.45, 2.75) is 40.5 Å². The monoisotopic (exact) mass is 221 g/mol. The molecule has 0 unspecified atom stereocenters. The summed E-state index contributed by atoms with van der Waals surface area (Å²) in [7, 11) is 1.65. The summed E-state index contributed by atoms with van der Waals surface area (Å²) < 4.78 is 0. The van der Waals surface area contributed by atoms with Gasteiger partial charge in [0.05, 0.1) is 0 Å². The highest BCUT2D eigenvalue weighted by atomic mass is 16.1. The van der Waals surface area contributed by atoms with Gasteiger partial charge in [-0.3, -0.25) is 4.79 Å². The van der Waals surface area contributed by atoms with Crippen LogP contribution in [0.5, 0.6) is 0 Å². The first kappa shape index (κ1) is 14.7. The highest BCUT2D eigenvalue weighted by molar-refractivity contribution is 5.94. The standard InChI is InChI=1S/C12H17NO.C2H6/c1-8(2)11-7-10(12(14)13-4)6-5-9(11)3;1-2/h5-8H,1-4H3,(H,13,14);1-2H3. The van der Waals surface area contributed by atoms with Crippen LogP contribution in [0.3, 0.4) is 0 Å². The topological polar surface area (TPSA) is 29.1 Å². The molecule has 0 radical (unpaired) electrons. The number of amides is 1. The number of benzene rings is 1. The third kappa shape index (κ3) is 3.69. The Bertz CT molecular complexity index is 343. The molecule has 0 heterocycles. The zero-order valence-corrected chi connectivity index (χ0v) is 11.2. The van der Waals surface area contributed by atoms with Crippen molar-refractivity contribution in [1.82, 2.24) is 5.32 Å². The van der Waals surface area contributed by atoms with Crippen LogP contribution in [0.15, 0.2) is 18.2 Å². The van der Waals surface area contributed by atoms with Crippen LogP contribution < -0.4 is 5.32 Å². The van der Waals surface area contributed by atoms with Crippen LogP contribution in [0.25, 0.3) is 0 Å². The van der Waals surface area contributed by atoms with Crippen LogP contribution >= 0.6 is 0 Å². The highest BCUT2D eigenvalue weighted by Gasteiger charge is 2.08.